The van der Waals surface area contributed by atoms with Gasteiger partial charge in [-0.25, -0.2) is 12.8 Å². The predicted molar refractivity (Wildman–Crippen MR) is 135 cm³/mol. The van der Waals surface area contributed by atoms with Gasteiger partial charge in [-0.2, -0.15) is 0 Å². The molecular formula is C24H28Cl2FN3O4S. The number of para-hydroxylation sites is 1. The van der Waals surface area contributed by atoms with Crippen molar-refractivity contribution >= 4 is 50.7 Å². The fourth-order valence-electron chi connectivity index (χ4n) is 4.06. The number of sulfonamides is 1. The molecule has 2 amide bonds. The molecule has 1 aliphatic carbocycles. The predicted octanol–water partition coefficient (Wildman–Crippen LogP) is 4.37. The molecule has 0 saturated heterocycles. The normalized spacial score (nSPS) is 15.0. The number of nitrogens with one attached hydrogen (secondary N) is 1. The maximum Gasteiger partial charge on any atom is 0.244 e. The highest BCUT2D eigenvalue weighted by Crippen LogP contribution is 2.25. The summed E-state index contributed by atoms with van der Waals surface area (Å²) in [4.78, 5) is 27.8. The van der Waals surface area contributed by atoms with Crippen LogP contribution in [0.1, 0.15) is 38.2 Å². The maximum absolute atomic E-state index is 14.4. The van der Waals surface area contributed by atoms with Crippen LogP contribution in [0.2, 0.25) is 10.0 Å². The molecule has 0 aromatic heterocycles. The second-order valence-corrected chi connectivity index (χ2v) is 11.4. The van der Waals surface area contributed by atoms with Crippen molar-refractivity contribution in [2.45, 2.75) is 51.2 Å². The summed E-state index contributed by atoms with van der Waals surface area (Å²) in [7, 11) is -4.01. The fraction of sp³-hybridized carbons (Fsp3) is 0.417. The van der Waals surface area contributed by atoms with Gasteiger partial charge < -0.3 is 10.2 Å². The van der Waals surface area contributed by atoms with Gasteiger partial charge in [0.1, 0.15) is 18.4 Å². The smallest absolute Gasteiger partial charge is 0.244 e. The number of hydrogen-bond donors (Lipinski definition) is 1. The van der Waals surface area contributed by atoms with E-state index < -0.39 is 34.3 Å². The van der Waals surface area contributed by atoms with Gasteiger partial charge >= 0.3 is 0 Å². The van der Waals surface area contributed by atoms with E-state index in [0.29, 0.717) is 14.9 Å². The van der Waals surface area contributed by atoms with Gasteiger partial charge in [-0.1, -0.05) is 54.2 Å². The average molecular weight is 544 g/mol. The maximum atomic E-state index is 14.4. The first-order chi connectivity index (χ1) is 16.5. The molecule has 3 rings (SSSR count). The lowest BCUT2D eigenvalue weighted by Gasteiger charge is -2.32. The molecule has 0 heterocycles. The lowest BCUT2D eigenvalue weighted by Crippen LogP contribution is -2.52. The van der Waals surface area contributed by atoms with Gasteiger partial charge in [0.2, 0.25) is 21.8 Å². The van der Waals surface area contributed by atoms with Crippen LogP contribution in [0.4, 0.5) is 10.1 Å². The van der Waals surface area contributed by atoms with E-state index in [-0.39, 0.29) is 29.2 Å². The van der Waals surface area contributed by atoms with Crippen molar-refractivity contribution in [3.8, 4) is 0 Å². The summed E-state index contributed by atoms with van der Waals surface area (Å²) in [6, 6.07) is 9.24. The molecule has 1 aliphatic rings. The van der Waals surface area contributed by atoms with E-state index in [0.717, 1.165) is 38.0 Å². The van der Waals surface area contributed by atoms with Crippen LogP contribution in [0.3, 0.4) is 0 Å². The summed E-state index contributed by atoms with van der Waals surface area (Å²) in [5, 5.41) is 3.59. The third-order valence-electron chi connectivity index (χ3n) is 6.01. The molecule has 7 nitrogen and oxygen atoms in total. The number of benzene rings is 2. The molecule has 1 N–H and O–H groups in total. The highest BCUT2D eigenvalue weighted by atomic mass is 35.5. The van der Waals surface area contributed by atoms with Crippen LogP contribution in [0.15, 0.2) is 42.5 Å². The molecular weight excluding hydrogens is 516 g/mol. The lowest BCUT2D eigenvalue weighted by molar-refractivity contribution is -0.139. The number of carbonyl (C=O) groups is 2. The van der Waals surface area contributed by atoms with Gasteiger partial charge in [0.25, 0.3) is 0 Å². The van der Waals surface area contributed by atoms with Crippen LogP contribution in [-0.4, -0.2) is 50.0 Å². The highest BCUT2D eigenvalue weighted by molar-refractivity contribution is 7.92. The molecule has 1 fully saturated rings. The quantitative estimate of drug-likeness (QED) is 0.508. The van der Waals surface area contributed by atoms with E-state index in [1.54, 1.807) is 25.1 Å². The molecule has 0 aliphatic heterocycles. The Labute approximate surface area is 215 Å². The molecule has 35 heavy (non-hydrogen) atoms. The van der Waals surface area contributed by atoms with Crippen molar-refractivity contribution in [1.29, 1.82) is 0 Å². The number of amides is 2. The van der Waals surface area contributed by atoms with Gasteiger partial charge in [-0.3, -0.25) is 13.9 Å². The Morgan fingerprint density at radius 1 is 1.11 bits per heavy atom. The third-order valence-corrected chi connectivity index (χ3v) is 7.87. The average Bonchev–Trinajstić information content (AvgIpc) is 3.30. The SMILES string of the molecule is CC(C(=O)NC1CCCC1)N(Cc1ccc(Cl)c(Cl)c1)C(=O)CN(c1ccccc1F)S(C)(=O)=O. The van der Waals surface area contributed by atoms with E-state index in [1.165, 1.54) is 23.1 Å². The number of rotatable bonds is 9. The topological polar surface area (TPSA) is 86.8 Å². The zero-order valence-electron chi connectivity index (χ0n) is 19.5. The van der Waals surface area contributed by atoms with E-state index in [9.17, 15) is 22.4 Å². The molecule has 0 bridgehead atoms. The zero-order valence-corrected chi connectivity index (χ0v) is 21.8. The second kappa shape index (κ2) is 11.6. The zero-order chi connectivity index (χ0) is 25.8. The first-order valence-corrected chi connectivity index (χ1v) is 13.8. The van der Waals surface area contributed by atoms with Gasteiger partial charge in [0.15, 0.2) is 0 Å². The highest BCUT2D eigenvalue weighted by Gasteiger charge is 2.32. The Morgan fingerprint density at radius 3 is 2.37 bits per heavy atom. The van der Waals surface area contributed by atoms with Crippen LogP contribution in [0.25, 0.3) is 0 Å². The van der Waals surface area contributed by atoms with Crippen LogP contribution < -0.4 is 9.62 Å². The summed E-state index contributed by atoms with van der Waals surface area (Å²) in [6.45, 7) is 0.875. The molecule has 1 unspecified atom stereocenters. The fourth-order valence-corrected chi connectivity index (χ4v) is 5.23. The number of anilines is 1. The monoisotopic (exact) mass is 543 g/mol. The molecule has 1 saturated carbocycles. The molecule has 0 radical (unpaired) electrons. The van der Waals surface area contributed by atoms with Crippen molar-refractivity contribution in [2.75, 3.05) is 17.1 Å². The standard InChI is InChI=1S/C24H28Cl2FN3O4S/c1-16(24(32)28-18-7-3-4-8-18)29(14-17-11-12-19(25)20(26)13-17)23(31)15-30(35(2,33)34)22-10-6-5-9-21(22)27/h5-6,9-13,16,18H,3-4,7-8,14-15H2,1-2H3,(H,28,32). The van der Waals surface area contributed by atoms with Crippen LogP contribution in [0.5, 0.6) is 0 Å². The summed E-state index contributed by atoms with van der Waals surface area (Å²) < 4.78 is 40.1. The minimum atomic E-state index is -4.01. The Hall–Kier alpha value is -2.36. The van der Waals surface area contributed by atoms with Crippen LogP contribution in [0, 0.1) is 5.82 Å². The first kappa shape index (κ1) is 27.2. The Morgan fingerprint density at radius 2 is 1.77 bits per heavy atom. The molecule has 1 atom stereocenters. The third kappa shape index (κ3) is 7.08. The molecule has 2 aromatic rings. The summed E-state index contributed by atoms with van der Waals surface area (Å²) >= 11 is 12.1. The minimum Gasteiger partial charge on any atom is -0.352 e. The Kier molecular flexibility index (Phi) is 9.01. The Balaban J connectivity index is 1.90. The largest absolute Gasteiger partial charge is 0.352 e. The van der Waals surface area contributed by atoms with Crippen LogP contribution in [-0.2, 0) is 26.2 Å². The summed E-state index contributed by atoms with van der Waals surface area (Å²) in [6.07, 6.45) is 4.68. The van der Waals surface area contributed by atoms with Gasteiger partial charge in [0.05, 0.1) is 22.0 Å². The summed E-state index contributed by atoms with van der Waals surface area (Å²) in [5.74, 6) is -1.80. The van der Waals surface area contributed by atoms with Gasteiger partial charge in [-0.15, -0.1) is 0 Å². The number of halogens is 3. The van der Waals surface area contributed by atoms with Gasteiger partial charge in [0, 0.05) is 12.6 Å². The van der Waals surface area contributed by atoms with Gasteiger partial charge in [-0.05, 0) is 49.6 Å². The molecule has 2 aromatic carbocycles. The second-order valence-electron chi connectivity index (χ2n) is 8.66. The molecule has 11 heteroatoms. The van der Waals surface area contributed by atoms with Crippen molar-refractivity contribution < 1.29 is 22.4 Å². The Bertz CT molecular complexity index is 1190. The summed E-state index contributed by atoms with van der Waals surface area (Å²) in [5.41, 5.74) is 0.353. The number of carbonyl (C=O) groups excluding carboxylic acids is 2. The molecule has 190 valence electrons. The minimum absolute atomic E-state index is 0.0240. The van der Waals surface area contributed by atoms with E-state index >= 15 is 0 Å². The first-order valence-electron chi connectivity index (χ1n) is 11.2. The van der Waals surface area contributed by atoms with E-state index in [1.807, 2.05) is 0 Å². The number of hydrogen-bond acceptors (Lipinski definition) is 4. The van der Waals surface area contributed by atoms with Crippen molar-refractivity contribution in [2.24, 2.45) is 0 Å². The van der Waals surface area contributed by atoms with Crippen molar-refractivity contribution in [1.82, 2.24) is 10.2 Å². The van der Waals surface area contributed by atoms with Crippen molar-refractivity contribution in [3.63, 3.8) is 0 Å². The van der Waals surface area contributed by atoms with E-state index in [2.05, 4.69) is 5.32 Å². The number of nitrogens with zero attached hydrogens (tertiary/aromatic N) is 2. The lowest BCUT2D eigenvalue weighted by atomic mass is 10.1. The molecule has 0 spiro atoms. The van der Waals surface area contributed by atoms with Crippen molar-refractivity contribution in [3.05, 3.63) is 63.9 Å². The van der Waals surface area contributed by atoms with Crippen LogP contribution >= 0.6 is 23.2 Å². The van der Waals surface area contributed by atoms with E-state index in [4.69, 9.17) is 23.2 Å².